The van der Waals surface area contributed by atoms with Crippen LogP contribution in [0.4, 0.5) is 0 Å². The van der Waals surface area contributed by atoms with Gasteiger partial charge in [-0.05, 0) is 31.0 Å². The smallest absolute Gasteiger partial charge is 0.222 e. The fourth-order valence-corrected chi connectivity index (χ4v) is 2.89. The third-order valence-corrected chi connectivity index (χ3v) is 4.05. The number of benzene rings is 1. The van der Waals surface area contributed by atoms with E-state index >= 15 is 0 Å². The fourth-order valence-electron chi connectivity index (χ4n) is 2.89. The number of nitrogens with zero attached hydrogens (tertiary/aromatic N) is 2. The van der Waals surface area contributed by atoms with E-state index in [4.69, 9.17) is 0 Å². The molecule has 1 aliphatic heterocycles. The number of para-hydroxylation sites is 1. The molecular weight excluding hydrogens is 262 g/mol. The van der Waals surface area contributed by atoms with Crippen LogP contribution in [0.5, 0.6) is 0 Å². The summed E-state index contributed by atoms with van der Waals surface area (Å²) in [6.45, 7) is 4.63. The molecule has 1 fully saturated rings. The van der Waals surface area contributed by atoms with Gasteiger partial charge >= 0.3 is 0 Å². The number of aromatic nitrogens is 1. The molecule has 0 saturated carbocycles. The summed E-state index contributed by atoms with van der Waals surface area (Å²) in [4.78, 5) is 18.0. The maximum Gasteiger partial charge on any atom is 0.222 e. The van der Waals surface area contributed by atoms with Crippen molar-refractivity contribution in [1.82, 2.24) is 15.2 Å². The maximum atomic E-state index is 11.6. The number of rotatable bonds is 5. The summed E-state index contributed by atoms with van der Waals surface area (Å²) >= 11 is 0. The van der Waals surface area contributed by atoms with Gasteiger partial charge in [0.25, 0.3) is 0 Å². The lowest BCUT2D eigenvalue weighted by Gasteiger charge is -2.22. The van der Waals surface area contributed by atoms with Crippen LogP contribution < -0.4 is 5.32 Å². The average molecular weight is 283 g/mol. The van der Waals surface area contributed by atoms with Gasteiger partial charge in [-0.25, -0.2) is 0 Å². The molecular formula is C17H21N3O. The zero-order chi connectivity index (χ0) is 14.7. The van der Waals surface area contributed by atoms with Crippen molar-refractivity contribution in [1.29, 1.82) is 0 Å². The molecule has 0 radical (unpaired) electrons. The lowest BCUT2D eigenvalue weighted by molar-refractivity contribution is -0.127. The Labute approximate surface area is 125 Å². The molecule has 0 aliphatic carbocycles. The van der Waals surface area contributed by atoms with Crippen molar-refractivity contribution < 1.29 is 4.79 Å². The molecule has 0 spiro atoms. The Morgan fingerprint density at radius 1 is 1.33 bits per heavy atom. The molecule has 1 aliphatic rings. The van der Waals surface area contributed by atoms with Gasteiger partial charge in [-0.2, -0.15) is 0 Å². The molecule has 1 saturated heterocycles. The Hall–Kier alpha value is -1.94. The van der Waals surface area contributed by atoms with Gasteiger partial charge in [0.2, 0.25) is 5.91 Å². The molecule has 1 amide bonds. The minimum Gasteiger partial charge on any atom is -0.341 e. The van der Waals surface area contributed by atoms with Crippen LogP contribution in [0.15, 0.2) is 36.5 Å². The molecule has 0 bridgehead atoms. The van der Waals surface area contributed by atoms with E-state index in [9.17, 15) is 4.79 Å². The van der Waals surface area contributed by atoms with E-state index in [1.165, 1.54) is 10.9 Å². The van der Waals surface area contributed by atoms with Gasteiger partial charge in [0.05, 0.1) is 5.52 Å². The Morgan fingerprint density at radius 2 is 2.19 bits per heavy atom. The van der Waals surface area contributed by atoms with E-state index in [-0.39, 0.29) is 5.91 Å². The van der Waals surface area contributed by atoms with E-state index in [1.54, 1.807) is 0 Å². The van der Waals surface area contributed by atoms with Crippen LogP contribution in [0.25, 0.3) is 10.9 Å². The number of likely N-dealkylation sites (tertiary alicyclic amines) is 1. The number of nitrogens with one attached hydrogen (secondary N) is 1. The van der Waals surface area contributed by atoms with Crippen molar-refractivity contribution in [2.24, 2.45) is 0 Å². The predicted octanol–water partition coefficient (Wildman–Crippen LogP) is 2.34. The first-order valence-electron chi connectivity index (χ1n) is 7.58. The first-order chi connectivity index (χ1) is 10.2. The molecule has 4 heteroatoms. The highest BCUT2D eigenvalue weighted by molar-refractivity contribution is 5.81. The molecule has 1 N–H and O–H groups in total. The molecule has 1 aromatic heterocycles. The van der Waals surface area contributed by atoms with Crippen LogP contribution in [-0.4, -0.2) is 34.9 Å². The summed E-state index contributed by atoms with van der Waals surface area (Å²) in [5, 5.41) is 4.71. The van der Waals surface area contributed by atoms with Crippen LogP contribution in [0.1, 0.15) is 25.3 Å². The van der Waals surface area contributed by atoms with Gasteiger partial charge in [-0.3, -0.25) is 9.78 Å². The van der Waals surface area contributed by atoms with E-state index in [0.29, 0.717) is 12.5 Å². The molecule has 1 unspecified atom stereocenters. The number of pyridine rings is 1. The number of hydrogen-bond acceptors (Lipinski definition) is 3. The molecule has 110 valence electrons. The van der Waals surface area contributed by atoms with E-state index in [1.807, 2.05) is 29.3 Å². The minimum absolute atomic E-state index is 0.290. The first-order valence-corrected chi connectivity index (χ1v) is 7.58. The van der Waals surface area contributed by atoms with Crippen molar-refractivity contribution in [3.63, 3.8) is 0 Å². The SMILES string of the molecule is CC(CN1CCCC1=O)NCc1ccnc2ccccc12. The van der Waals surface area contributed by atoms with Gasteiger partial charge in [-0.1, -0.05) is 18.2 Å². The second-order valence-electron chi connectivity index (χ2n) is 5.71. The Balaban J connectivity index is 1.62. The quantitative estimate of drug-likeness (QED) is 0.916. The third-order valence-electron chi connectivity index (χ3n) is 4.05. The van der Waals surface area contributed by atoms with Gasteiger partial charge in [0, 0.05) is 43.7 Å². The topological polar surface area (TPSA) is 45.2 Å². The Morgan fingerprint density at radius 3 is 3.00 bits per heavy atom. The van der Waals surface area contributed by atoms with Crippen molar-refractivity contribution in [2.75, 3.05) is 13.1 Å². The summed E-state index contributed by atoms with van der Waals surface area (Å²) in [6, 6.07) is 10.5. The summed E-state index contributed by atoms with van der Waals surface area (Å²) in [5.41, 5.74) is 2.28. The maximum absolute atomic E-state index is 11.6. The van der Waals surface area contributed by atoms with E-state index in [2.05, 4.69) is 29.4 Å². The molecule has 2 heterocycles. The Kier molecular flexibility index (Phi) is 4.15. The van der Waals surface area contributed by atoms with E-state index in [0.717, 1.165) is 31.6 Å². The van der Waals surface area contributed by atoms with Crippen molar-refractivity contribution >= 4 is 16.8 Å². The molecule has 4 nitrogen and oxygen atoms in total. The van der Waals surface area contributed by atoms with Crippen molar-refractivity contribution in [3.8, 4) is 0 Å². The average Bonchev–Trinajstić information content (AvgIpc) is 2.90. The monoisotopic (exact) mass is 283 g/mol. The molecule has 21 heavy (non-hydrogen) atoms. The van der Waals surface area contributed by atoms with Crippen LogP contribution in [-0.2, 0) is 11.3 Å². The number of hydrogen-bond donors (Lipinski definition) is 1. The van der Waals surface area contributed by atoms with Gasteiger partial charge in [0.15, 0.2) is 0 Å². The second-order valence-corrected chi connectivity index (χ2v) is 5.71. The fraction of sp³-hybridized carbons (Fsp3) is 0.412. The van der Waals surface area contributed by atoms with Crippen LogP contribution in [0.2, 0.25) is 0 Å². The number of carbonyl (C=O) groups is 1. The summed E-state index contributed by atoms with van der Waals surface area (Å²) in [7, 11) is 0. The number of amides is 1. The largest absolute Gasteiger partial charge is 0.341 e. The van der Waals surface area contributed by atoms with Gasteiger partial charge in [0.1, 0.15) is 0 Å². The van der Waals surface area contributed by atoms with Gasteiger partial charge < -0.3 is 10.2 Å². The molecule has 1 aromatic carbocycles. The molecule has 2 aromatic rings. The lowest BCUT2D eigenvalue weighted by Crippen LogP contribution is -2.39. The molecule has 3 rings (SSSR count). The number of carbonyl (C=O) groups excluding carboxylic acids is 1. The summed E-state index contributed by atoms with van der Waals surface area (Å²) in [6.07, 6.45) is 3.57. The van der Waals surface area contributed by atoms with Crippen LogP contribution in [0, 0.1) is 0 Å². The van der Waals surface area contributed by atoms with Crippen LogP contribution >= 0.6 is 0 Å². The second kappa shape index (κ2) is 6.22. The molecule has 1 atom stereocenters. The highest BCUT2D eigenvalue weighted by Gasteiger charge is 2.21. The standard InChI is InChI=1S/C17H21N3O/c1-13(12-20-10-4-7-17(20)21)19-11-14-8-9-18-16-6-3-2-5-15(14)16/h2-3,5-6,8-9,13,19H,4,7,10-12H2,1H3. The third kappa shape index (κ3) is 3.22. The normalized spacial score (nSPS) is 16.6. The summed E-state index contributed by atoms with van der Waals surface area (Å²) in [5.74, 6) is 0.290. The van der Waals surface area contributed by atoms with Crippen molar-refractivity contribution in [3.05, 3.63) is 42.1 Å². The zero-order valence-electron chi connectivity index (χ0n) is 12.4. The minimum atomic E-state index is 0.290. The zero-order valence-corrected chi connectivity index (χ0v) is 12.4. The van der Waals surface area contributed by atoms with E-state index < -0.39 is 0 Å². The first kappa shape index (κ1) is 14.0. The van der Waals surface area contributed by atoms with Gasteiger partial charge in [-0.15, -0.1) is 0 Å². The van der Waals surface area contributed by atoms with Crippen LogP contribution in [0.3, 0.4) is 0 Å². The predicted molar refractivity (Wildman–Crippen MR) is 83.9 cm³/mol. The lowest BCUT2D eigenvalue weighted by atomic mass is 10.1. The summed E-state index contributed by atoms with van der Waals surface area (Å²) < 4.78 is 0. The Bertz CT molecular complexity index is 635. The highest BCUT2D eigenvalue weighted by atomic mass is 16.2. The highest BCUT2D eigenvalue weighted by Crippen LogP contribution is 2.16. The van der Waals surface area contributed by atoms with Crippen molar-refractivity contribution in [2.45, 2.75) is 32.4 Å². The number of fused-ring (bicyclic) bond motifs is 1.